The Morgan fingerprint density at radius 3 is 2.12 bits per heavy atom. The molecule has 0 aromatic heterocycles. The predicted molar refractivity (Wildman–Crippen MR) is 98.5 cm³/mol. The van der Waals surface area contributed by atoms with E-state index in [4.69, 9.17) is 9.31 Å². The molecule has 0 unspecified atom stereocenters. The minimum atomic E-state index is -0.601. The number of non-ortho nitro benzene ring substituents is 1. The number of hydrogen-bond donors (Lipinski definition) is 0. The second kappa shape index (κ2) is 6.27. The van der Waals surface area contributed by atoms with Gasteiger partial charge in [0.25, 0.3) is 5.69 Å². The van der Waals surface area contributed by atoms with E-state index in [1.54, 1.807) is 12.1 Å². The lowest BCUT2D eigenvalue weighted by atomic mass is 9.78. The number of piperazine rings is 1. The highest BCUT2D eigenvalue weighted by Gasteiger charge is 2.52. The molecule has 0 aliphatic carbocycles. The molecule has 0 atom stereocenters. The maximum atomic E-state index is 11.4. The van der Waals surface area contributed by atoms with E-state index in [-0.39, 0.29) is 10.6 Å². The van der Waals surface area contributed by atoms with Crippen LogP contribution in [-0.4, -0.2) is 61.4 Å². The van der Waals surface area contributed by atoms with Gasteiger partial charge in [0.2, 0.25) is 0 Å². The summed E-state index contributed by atoms with van der Waals surface area (Å²) in [5.41, 5.74) is 0.668. The molecule has 0 saturated carbocycles. The van der Waals surface area contributed by atoms with Crippen molar-refractivity contribution >= 4 is 24.0 Å². The number of anilines is 1. The molecule has 0 spiro atoms. The van der Waals surface area contributed by atoms with E-state index in [2.05, 4.69) is 16.8 Å². The lowest BCUT2D eigenvalue weighted by Crippen LogP contribution is -2.45. The van der Waals surface area contributed by atoms with Crippen molar-refractivity contribution in [3.05, 3.63) is 28.3 Å². The Morgan fingerprint density at radius 1 is 1.04 bits per heavy atom. The first kappa shape index (κ1) is 18.2. The Kier molecular flexibility index (Phi) is 4.55. The summed E-state index contributed by atoms with van der Waals surface area (Å²) in [4.78, 5) is 15.5. The molecule has 1 aromatic rings. The molecule has 2 saturated heterocycles. The maximum absolute atomic E-state index is 11.4. The van der Waals surface area contributed by atoms with Crippen LogP contribution in [0.1, 0.15) is 27.7 Å². The van der Waals surface area contributed by atoms with Gasteiger partial charge in [-0.05, 0) is 46.3 Å². The van der Waals surface area contributed by atoms with Crippen LogP contribution in [0.5, 0.6) is 0 Å². The molecule has 0 radical (unpaired) electrons. The van der Waals surface area contributed by atoms with Crippen LogP contribution < -0.4 is 10.4 Å². The monoisotopic (exact) mass is 347 g/mol. The minimum Gasteiger partial charge on any atom is -0.399 e. The predicted octanol–water partition coefficient (Wildman–Crippen LogP) is 1.65. The lowest BCUT2D eigenvalue weighted by molar-refractivity contribution is -0.384. The molecule has 0 N–H and O–H groups in total. The Bertz CT molecular complexity index is 656. The molecule has 3 rings (SSSR count). The van der Waals surface area contributed by atoms with Crippen molar-refractivity contribution in [2.45, 2.75) is 38.9 Å². The number of benzene rings is 1. The van der Waals surface area contributed by atoms with Gasteiger partial charge in [-0.25, -0.2) is 0 Å². The lowest BCUT2D eigenvalue weighted by Gasteiger charge is -2.34. The van der Waals surface area contributed by atoms with Crippen LogP contribution in [0.15, 0.2) is 18.2 Å². The van der Waals surface area contributed by atoms with Crippen LogP contribution in [0.25, 0.3) is 0 Å². The Balaban J connectivity index is 1.93. The zero-order valence-corrected chi connectivity index (χ0v) is 15.6. The average Bonchev–Trinajstić information content (AvgIpc) is 2.75. The van der Waals surface area contributed by atoms with E-state index >= 15 is 0 Å². The Morgan fingerprint density at radius 2 is 1.60 bits per heavy atom. The molecule has 1 aromatic carbocycles. The standard InChI is InChI=1S/C17H26BN3O4/c1-16(2)17(3,4)25-18(24-16)13-10-14(12-15(11-13)21(22)23)20-8-6-19(5)7-9-20/h10-12H,6-9H2,1-5H3. The molecule has 25 heavy (non-hydrogen) atoms. The van der Waals surface area contributed by atoms with E-state index in [0.29, 0.717) is 5.46 Å². The van der Waals surface area contributed by atoms with Gasteiger partial charge in [0.1, 0.15) is 0 Å². The SMILES string of the molecule is CN1CCN(c2cc(B3OC(C)(C)C(C)(C)O3)cc([N+](=O)[O-])c2)CC1. The first-order chi connectivity index (χ1) is 11.6. The smallest absolute Gasteiger partial charge is 0.399 e. The summed E-state index contributed by atoms with van der Waals surface area (Å²) in [5.74, 6) is 0. The number of nitro benzene ring substituents is 1. The van der Waals surface area contributed by atoms with Gasteiger partial charge in [-0.2, -0.15) is 0 Å². The molecular weight excluding hydrogens is 321 g/mol. The molecule has 136 valence electrons. The Labute approximate surface area is 149 Å². The van der Waals surface area contributed by atoms with E-state index in [0.717, 1.165) is 31.9 Å². The third-order valence-electron chi connectivity index (χ3n) is 5.53. The maximum Gasteiger partial charge on any atom is 0.495 e. The Hall–Kier alpha value is -1.64. The molecule has 2 fully saturated rings. The van der Waals surface area contributed by atoms with Crippen molar-refractivity contribution in [1.82, 2.24) is 4.90 Å². The zero-order valence-electron chi connectivity index (χ0n) is 15.6. The number of hydrogen-bond acceptors (Lipinski definition) is 6. The van der Waals surface area contributed by atoms with E-state index < -0.39 is 18.3 Å². The molecule has 0 bridgehead atoms. The third-order valence-corrected chi connectivity index (χ3v) is 5.53. The van der Waals surface area contributed by atoms with Crippen molar-refractivity contribution in [3.8, 4) is 0 Å². The highest BCUT2D eigenvalue weighted by Crippen LogP contribution is 2.37. The fraction of sp³-hybridized carbons (Fsp3) is 0.647. The molecule has 0 amide bonds. The summed E-state index contributed by atoms with van der Waals surface area (Å²) in [6, 6.07) is 5.16. The van der Waals surface area contributed by atoms with Gasteiger partial charge >= 0.3 is 7.12 Å². The highest BCUT2D eigenvalue weighted by molar-refractivity contribution is 6.62. The summed E-state index contributed by atoms with van der Waals surface area (Å²) in [6.07, 6.45) is 0. The summed E-state index contributed by atoms with van der Waals surface area (Å²) >= 11 is 0. The summed E-state index contributed by atoms with van der Waals surface area (Å²) < 4.78 is 12.1. The van der Waals surface area contributed by atoms with Gasteiger partial charge in [-0.3, -0.25) is 10.1 Å². The van der Waals surface area contributed by atoms with Gasteiger partial charge < -0.3 is 19.1 Å². The minimum absolute atomic E-state index is 0.0705. The normalized spacial score (nSPS) is 23.1. The number of rotatable bonds is 3. The first-order valence-corrected chi connectivity index (χ1v) is 8.67. The van der Waals surface area contributed by atoms with Crippen molar-refractivity contribution in [2.75, 3.05) is 38.1 Å². The van der Waals surface area contributed by atoms with Gasteiger partial charge in [0, 0.05) is 44.0 Å². The van der Waals surface area contributed by atoms with Crippen molar-refractivity contribution in [3.63, 3.8) is 0 Å². The fourth-order valence-corrected chi connectivity index (χ4v) is 3.09. The van der Waals surface area contributed by atoms with Crippen LogP contribution in [0.2, 0.25) is 0 Å². The van der Waals surface area contributed by atoms with Crippen LogP contribution in [0.3, 0.4) is 0 Å². The largest absolute Gasteiger partial charge is 0.495 e. The molecular formula is C17H26BN3O4. The van der Waals surface area contributed by atoms with Crippen LogP contribution in [0.4, 0.5) is 11.4 Å². The number of nitro groups is 1. The van der Waals surface area contributed by atoms with Crippen molar-refractivity contribution in [1.29, 1.82) is 0 Å². The zero-order chi connectivity index (χ0) is 18.4. The van der Waals surface area contributed by atoms with Crippen LogP contribution >= 0.6 is 0 Å². The number of nitrogens with zero attached hydrogens (tertiary/aromatic N) is 3. The number of likely N-dealkylation sites (N-methyl/N-ethyl adjacent to an activating group) is 1. The van der Waals surface area contributed by atoms with Crippen LogP contribution in [0, 0.1) is 10.1 Å². The quantitative estimate of drug-likeness (QED) is 0.471. The van der Waals surface area contributed by atoms with E-state index in [1.807, 2.05) is 33.8 Å². The fourth-order valence-electron chi connectivity index (χ4n) is 3.09. The molecule has 2 aliphatic heterocycles. The average molecular weight is 347 g/mol. The molecule has 7 nitrogen and oxygen atoms in total. The van der Waals surface area contributed by atoms with Gasteiger partial charge in [0.05, 0.1) is 16.1 Å². The van der Waals surface area contributed by atoms with Gasteiger partial charge in [-0.1, -0.05) is 0 Å². The van der Waals surface area contributed by atoms with Crippen LogP contribution in [-0.2, 0) is 9.31 Å². The summed E-state index contributed by atoms with van der Waals surface area (Å²) in [5, 5.41) is 11.4. The highest BCUT2D eigenvalue weighted by atomic mass is 16.7. The van der Waals surface area contributed by atoms with Crippen molar-refractivity contribution < 1.29 is 14.2 Å². The van der Waals surface area contributed by atoms with Crippen molar-refractivity contribution in [2.24, 2.45) is 0 Å². The molecule has 8 heteroatoms. The van der Waals surface area contributed by atoms with E-state index in [9.17, 15) is 10.1 Å². The first-order valence-electron chi connectivity index (χ1n) is 8.67. The third kappa shape index (κ3) is 3.52. The van der Waals surface area contributed by atoms with Gasteiger partial charge in [-0.15, -0.1) is 0 Å². The second-order valence-corrected chi connectivity index (χ2v) is 7.92. The summed E-state index contributed by atoms with van der Waals surface area (Å²) in [7, 11) is 1.48. The van der Waals surface area contributed by atoms with E-state index in [1.165, 1.54) is 0 Å². The molecule has 2 aliphatic rings. The topological polar surface area (TPSA) is 68.1 Å². The van der Waals surface area contributed by atoms with Gasteiger partial charge in [0.15, 0.2) is 0 Å². The second-order valence-electron chi connectivity index (χ2n) is 7.92. The molecule has 2 heterocycles. The summed E-state index contributed by atoms with van der Waals surface area (Å²) in [6.45, 7) is 11.5.